The molecule has 0 aliphatic rings. The van der Waals surface area contributed by atoms with Crippen molar-refractivity contribution in [2.75, 3.05) is 11.1 Å². The van der Waals surface area contributed by atoms with Crippen LogP contribution in [-0.2, 0) is 4.79 Å². The average Bonchev–Trinajstić information content (AvgIpc) is 1.85. The van der Waals surface area contributed by atoms with Gasteiger partial charge >= 0.3 is 0 Å². The van der Waals surface area contributed by atoms with Crippen molar-refractivity contribution in [2.45, 2.75) is 6.92 Å². The molecule has 0 saturated carbocycles. The van der Waals surface area contributed by atoms with Gasteiger partial charge in [-0.2, -0.15) is 0 Å². The molecule has 0 radical (unpaired) electrons. The second kappa shape index (κ2) is 2.96. The fraction of sp³-hybridized carbons (Fsp3) is 0.167. The summed E-state index contributed by atoms with van der Waals surface area (Å²) in [4.78, 5) is 18.0. The van der Waals surface area contributed by atoms with Gasteiger partial charge in [0.15, 0.2) is 5.82 Å². The van der Waals surface area contributed by atoms with Crippen molar-refractivity contribution in [3.63, 3.8) is 0 Å². The Morgan fingerprint density at radius 1 is 1.64 bits per heavy atom. The summed E-state index contributed by atoms with van der Waals surface area (Å²) in [5, 5.41) is 2.45. The zero-order valence-electron chi connectivity index (χ0n) is 6.03. The third-order valence-electron chi connectivity index (χ3n) is 0.957. The van der Waals surface area contributed by atoms with E-state index in [1.54, 1.807) is 0 Å². The summed E-state index contributed by atoms with van der Waals surface area (Å²) in [5.41, 5.74) is 5.31. The third-order valence-corrected chi connectivity index (χ3v) is 0.957. The van der Waals surface area contributed by atoms with Crippen LogP contribution in [0, 0.1) is 0 Å². The number of aromatic nitrogens is 2. The second-order valence-electron chi connectivity index (χ2n) is 2.01. The zero-order chi connectivity index (χ0) is 8.27. The van der Waals surface area contributed by atoms with E-state index in [1.807, 2.05) is 0 Å². The highest BCUT2D eigenvalue weighted by Crippen LogP contribution is 2.01. The number of rotatable bonds is 1. The molecular formula is C6H8N4O. The van der Waals surface area contributed by atoms with E-state index < -0.39 is 0 Å². The topological polar surface area (TPSA) is 80.9 Å². The summed E-state index contributed by atoms with van der Waals surface area (Å²) in [6.45, 7) is 1.39. The Morgan fingerprint density at radius 2 is 2.36 bits per heavy atom. The zero-order valence-corrected chi connectivity index (χ0v) is 6.03. The van der Waals surface area contributed by atoms with Crippen molar-refractivity contribution in [1.82, 2.24) is 9.97 Å². The average molecular weight is 152 g/mol. The smallest absolute Gasteiger partial charge is 0.222 e. The fourth-order valence-corrected chi connectivity index (χ4v) is 0.622. The Hall–Kier alpha value is -1.65. The molecule has 1 aromatic rings. The lowest BCUT2D eigenvalue weighted by Crippen LogP contribution is -2.08. The molecule has 5 nitrogen and oxygen atoms in total. The van der Waals surface area contributed by atoms with Gasteiger partial charge in [-0.25, -0.2) is 4.98 Å². The van der Waals surface area contributed by atoms with Gasteiger partial charge in [0.05, 0.1) is 12.4 Å². The van der Waals surface area contributed by atoms with Crippen molar-refractivity contribution in [2.24, 2.45) is 0 Å². The van der Waals surface area contributed by atoms with Crippen LogP contribution in [-0.4, -0.2) is 15.9 Å². The summed E-state index contributed by atoms with van der Waals surface area (Å²) in [7, 11) is 0. The molecule has 0 aliphatic carbocycles. The van der Waals surface area contributed by atoms with E-state index in [-0.39, 0.29) is 11.7 Å². The molecule has 1 amide bonds. The Morgan fingerprint density at radius 3 is 2.91 bits per heavy atom. The minimum atomic E-state index is -0.190. The van der Waals surface area contributed by atoms with Crippen molar-refractivity contribution >= 4 is 17.5 Å². The predicted molar refractivity (Wildman–Crippen MR) is 40.7 cm³/mol. The minimum absolute atomic E-state index is 0.190. The first-order chi connectivity index (χ1) is 5.18. The molecule has 58 valence electrons. The normalized spacial score (nSPS) is 9.18. The molecule has 1 rings (SSSR count). The minimum Gasteiger partial charge on any atom is -0.382 e. The van der Waals surface area contributed by atoms with Crippen LogP contribution in [0.1, 0.15) is 6.92 Å². The maximum atomic E-state index is 10.5. The molecule has 1 heterocycles. The first-order valence-corrected chi connectivity index (χ1v) is 3.03. The van der Waals surface area contributed by atoms with Crippen LogP contribution in [0.4, 0.5) is 11.6 Å². The van der Waals surface area contributed by atoms with Gasteiger partial charge < -0.3 is 11.1 Å². The number of nitrogen functional groups attached to an aromatic ring is 1. The number of carbonyl (C=O) groups excluding carboxylic acids is 1. The van der Waals surface area contributed by atoms with E-state index in [0.717, 1.165) is 0 Å². The maximum Gasteiger partial charge on any atom is 0.222 e. The Balaban J connectivity index is 2.79. The molecule has 0 aliphatic heterocycles. The van der Waals surface area contributed by atoms with Gasteiger partial charge in [0, 0.05) is 6.92 Å². The Bertz CT molecular complexity index is 273. The number of nitrogens with zero attached hydrogens (tertiary/aromatic N) is 2. The van der Waals surface area contributed by atoms with E-state index in [9.17, 15) is 4.79 Å². The maximum absolute atomic E-state index is 10.5. The van der Waals surface area contributed by atoms with Crippen LogP contribution in [0.5, 0.6) is 0 Å². The molecule has 1 aromatic heterocycles. The number of anilines is 2. The standard InChI is InChI=1S/C6H8N4O/c1-4(11)9-6-3-8-2-5(7)10-6/h2-3H,1H3,(H3,7,9,10,11). The van der Waals surface area contributed by atoms with Crippen LogP contribution in [0.2, 0.25) is 0 Å². The molecule has 0 fully saturated rings. The molecule has 3 N–H and O–H groups in total. The van der Waals surface area contributed by atoms with Crippen molar-refractivity contribution < 1.29 is 4.79 Å². The number of carbonyl (C=O) groups is 1. The predicted octanol–water partition coefficient (Wildman–Crippen LogP) is 0.0172. The fourth-order valence-electron chi connectivity index (χ4n) is 0.622. The molecular weight excluding hydrogens is 144 g/mol. The first-order valence-electron chi connectivity index (χ1n) is 3.03. The van der Waals surface area contributed by atoms with Crippen LogP contribution in [0.25, 0.3) is 0 Å². The molecule has 0 bridgehead atoms. The summed E-state index contributed by atoms with van der Waals surface area (Å²) in [6, 6.07) is 0. The van der Waals surface area contributed by atoms with Gasteiger partial charge in [-0.05, 0) is 0 Å². The number of hydrogen-bond acceptors (Lipinski definition) is 4. The van der Waals surface area contributed by atoms with Crippen LogP contribution in [0.15, 0.2) is 12.4 Å². The highest BCUT2D eigenvalue weighted by Gasteiger charge is 1.96. The van der Waals surface area contributed by atoms with E-state index in [4.69, 9.17) is 5.73 Å². The van der Waals surface area contributed by atoms with Gasteiger partial charge in [0.1, 0.15) is 5.82 Å². The van der Waals surface area contributed by atoms with Crippen molar-refractivity contribution in [1.29, 1.82) is 0 Å². The van der Waals surface area contributed by atoms with E-state index in [2.05, 4.69) is 15.3 Å². The second-order valence-corrected chi connectivity index (χ2v) is 2.01. The molecule has 11 heavy (non-hydrogen) atoms. The van der Waals surface area contributed by atoms with Crippen LogP contribution >= 0.6 is 0 Å². The number of hydrogen-bond donors (Lipinski definition) is 2. The Kier molecular flexibility index (Phi) is 2.00. The molecule has 0 spiro atoms. The monoisotopic (exact) mass is 152 g/mol. The molecule has 0 atom stereocenters. The number of nitrogens with one attached hydrogen (secondary N) is 1. The third kappa shape index (κ3) is 2.21. The highest BCUT2D eigenvalue weighted by molar-refractivity contribution is 5.87. The SMILES string of the molecule is CC(=O)Nc1cncc(N)n1. The summed E-state index contributed by atoms with van der Waals surface area (Å²) >= 11 is 0. The Labute approximate surface area is 63.7 Å². The van der Waals surface area contributed by atoms with Gasteiger partial charge in [-0.3, -0.25) is 9.78 Å². The quantitative estimate of drug-likeness (QED) is 0.594. The van der Waals surface area contributed by atoms with Gasteiger partial charge in [0.2, 0.25) is 5.91 Å². The first kappa shape index (κ1) is 7.46. The van der Waals surface area contributed by atoms with Gasteiger partial charge in [-0.1, -0.05) is 0 Å². The van der Waals surface area contributed by atoms with Crippen molar-refractivity contribution in [3.8, 4) is 0 Å². The number of nitrogens with two attached hydrogens (primary N) is 1. The summed E-state index contributed by atoms with van der Waals surface area (Å²) in [6.07, 6.45) is 2.84. The molecule has 0 unspecified atom stereocenters. The van der Waals surface area contributed by atoms with Crippen LogP contribution in [0.3, 0.4) is 0 Å². The molecule has 0 aromatic carbocycles. The van der Waals surface area contributed by atoms with Crippen LogP contribution < -0.4 is 11.1 Å². The summed E-state index contributed by atoms with van der Waals surface area (Å²) < 4.78 is 0. The van der Waals surface area contributed by atoms with E-state index in [1.165, 1.54) is 19.3 Å². The lowest BCUT2D eigenvalue weighted by atomic mass is 10.6. The van der Waals surface area contributed by atoms with E-state index >= 15 is 0 Å². The van der Waals surface area contributed by atoms with E-state index in [0.29, 0.717) is 5.82 Å². The molecule has 0 saturated heterocycles. The van der Waals surface area contributed by atoms with Gasteiger partial charge in [0.25, 0.3) is 0 Å². The number of amides is 1. The lowest BCUT2D eigenvalue weighted by Gasteiger charge is -1.99. The van der Waals surface area contributed by atoms with Gasteiger partial charge in [-0.15, -0.1) is 0 Å². The lowest BCUT2D eigenvalue weighted by molar-refractivity contribution is -0.114. The molecule has 5 heteroatoms. The largest absolute Gasteiger partial charge is 0.382 e. The van der Waals surface area contributed by atoms with Crippen molar-refractivity contribution in [3.05, 3.63) is 12.4 Å². The highest BCUT2D eigenvalue weighted by atomic mass is 16.1. The summed E-state index contributed by atoms with van der Waals surface area (Å²) in [5.74, 6) is 0.471.